The maximum atomic E-state index is 7.20. The van der Waals surface area contributed by atoms with Crippen molar-refractivity contribution in [3.8, 4) is 11.5 Å². The summed E-state index contributed by atoms with van der Waals surface area (Å²) in [5.74, 6) is 1.54. The van der Waals surface area contributed by atoms with Crippen LogP contribution in [0.2, 0.25) is 0 Å². The van der Waals surface area contributed by atoms with Gasteiger partial charge in [0.25, 0.3) is 0 Å². The van der Waals surface area contributed by atoms with Gasteiger partial charge in [-0.25, -0.2) is 0 Å². The molecule has 4 nitrogen and oxygen atoms in total. The second-order valence-electron chi connectivity index (χ2n) is 2.95. The van der Waals surface area contributed by atoms with Gasteiger partial charge in [0.2, 0.25) is 0 Å². The predicted molar refractivity (Wildman–Crippen MR) is 61.6 cm³/mol. The average Bonchev–Trinajstić information content (AvgIpc) is 2.60. The van der Waals surface area contributed by atoms with Gasteiger partial charge in [-0.15, -0.1) is 0 Å². The first kappa shape index (κ1) is 10.8. The molecule has 0 aliphatic carbocycles. The molecule has 80 valence electrons. The number of amidine groups is 1. The second kappa shape index (κ2) is 4.43. The fraction of sp³-hybridized carbons (Fsp3) is 0.222. The Morgan fingerprint density at radius 1 is 1.47 bits per heavy atom. The molecule has 3 N–H and O–H groups in total. The van der Waals surface area contributed by atoms with Crippen LogP contribution in [0.15, 0.2) is 16.6 Å². The van der Waals surface area contributed by atoms with E-state index in [-0.39, 0.29) is 26.5 Å². The number of hydrogen-bond donors (Lipinski definition) is 2. The molecule has 0 saturated heterocycles. The summed E-state index contributed by atoms with van der Waals surface area (Å²) < 4.78 is 11.8. The van der Waals surface area contributed by atoms with Gasteiger partial charge in [-0.3, -0.25) is 0 Å². The third-order valence-electron chi connectivity index (χ3n) is 1.92. The average molecular weight is 336 g/mol. The molecule has 6 heteroatoms. The van der Waals surface area contributed by atoms with Gasteiger partial charge in [0.1, 0.15) is 0 Å². The van der Waals surface area contributed by atoms with E-state index >= 15 is 0 Å². The van der Waals surface area contributed by atoms with E-state index in [0.29, 0.717) is 0 Å². The van der Waals surface area contributed by atoms with Crippen LogP contribution in [0, 0.1) is 5.41 Å². The number of hydrogen-bond acceptors (Lipinski definition) is 3. The normalized spacial score (nSPS) is 12.9. The van der Waals surface area contributed by atoms with Gasteiger partial charge < -0.3 is 0 Å². The summed E-state index contributed by atoms with van der Waals surface area (Å²) in [6.07, 6.45) is 0. The summed E-state index contributed by atoms with van der Waals surface area (Å²) in [5, 5.41) is 7.99. The Labute approximate surface area is 102 Å². The van der Waals surface area contributed by atoms with Crippen molar-refractivity contribution in [2.45, 2.75) is 5.32 Å². The van der Waals surface area contributed by atoms with E-state index in [0.717, 1.165) is 26.9 Å². The Morgan fingerprint density at radius 3 is 2.80 bits per heavy atom. The number of nitrogens with one attached hydrogen (secondary N) is 1. The summed E-state index contributed by atoms with van der Waals surface area (Å²) in [6, 6.07) is 3.84. The van der Waals surface area contributed by atoms with Crippen LogP contribution in [0.5, 0.6) is 11.5 Å². The quantitative estimate of drug-likeness (QED) is 0.496. The van der Waals surface area contributed by atoms with Gasteiger partial charge in [0, 0.05) is 0 Å². The van der Waals surface area contributed by atoms with E-state index in [1.807, 2.05) is 12.1 Å². The third kappa shape index (κ3) is 2.45. The number of rotatable bonds is 3. The minimum absolute atomic E-state index is 0.0101. The van der Waals surface area contributed by atoms with Crippen LogP contribution in [0.25, 0.3) is 0 Å². The molecule has 1 aliphatic heterocycles. The Morgan fingerprint density at radius 2 is 2.13 bits per heavy atom. The van der Waals surface area contributed by atoms with Crippen LogP contribution in [-0.2, 0) is 5.32 Å². The van der Waals surface area contributed by atoms with Crippen molar-refractivity contribution in [3.63, 3.8) is 0 Å². The molecule has 0 spiro atoms. The summed E-state index contributed by atoms with van der Waals surface area (Å²) in [6.45, 7) is 0.281. The van der Waals surface area contributed by atoms with Crippen LogP contribution < -0.4 is 15.2 Å². The molecular formula is C9H9BrN2O2Se. The van der Waals surface area contributed by atoms with Crippen LogP contribution in [0.1, 0.15) is 5.56 Å². The van der Waals surface area contributed by atoms with E-state index in [2.05, 4.69) is 15.9 Å². The fourth-order valence-corrected chi connectivity index (χ4v) is 3.26. The Balaban J connectivity index is 2.21. The molecule has 1 aromatic carbocycles. The van der Waals surface area contributed by atoms with E-state index in [4.69, 9.17) is 20.6 Å². The third-order valence-corrected chi connectivity index (χ3v) is 4.27. The molecular weight excluding hydrogens is 327 g/mol. The Bertz CT molecular complexity index is 411. The second-order valence-corrected chi connectivity index (χ2v) is 5.94. The molecule has 0 aromatic heterocycles. The summed E-state index contributed by atoms with van der Waals surface area (Å²) in [7, 11) is 0. The molecule has 15 heavy (non-hydrogen) atoms. The standard InChI is InChI=1S/C9H9BrN2O2Se/c10-6-2-8-7(13-4-14-8)1-5(6)3-15-9(11)12/h1-2H,3-4H2,(H3,11,12). The zero-order chi connectivity index (χ0) is 10.8. The minimum atomic E-state index is 0.0101. The summed E-state index contributed by atoms with van der Waals surface area (Å²) >= 11 is 3.47. The SMILES string of the molecule is N=C(N)[Se]Cc1cc2c(cc1Br)OCO2. The van der Waals surface area contributed by atoms with Crippen LogP contribution in [0.3, 0.4) is 0 Å². The van der Waals surface area contributed by atoms with Crippen molar-refractivity contribution < 1.29 is 9.47 Å². The molecule has 0 fully saturated rings. The van der Waals surface area contributed by atoms with Crippen LogP contribution in [-0.4, -0.2) is 26.5 Å². The first-order valence-corrected chi connectivity index (χ1v) is 7.08. The maximum absolute atomic E-state index is 7.20. The van der Waals surface area contributed by atoms with E-state index in [1.54, 1.807) is 0 Å². The number of fused-ring (bicyclic) bond motifs is 1. The first-order chi connectivity index (χ1) is 7.16. The number of benzene rings is 1. The number of nitrogens with two attached hydrogens (primary N) is 1. The fourth-order valence-electron chi connectivity index (χ4n) is 1.23. The summed E-state index contributed by atoms with van der Waals surface area (Å²) in [5.41, 5.74) is 6.45. The number of ether oxygens (including phenoxy) is 2. The van der Waals surface area contributed by atoms with Crippen LogP contribution >= 0.6 is 15.9 Å². The monoisotopic (exact) mass is 336 g/mol. The van der Waals surface area contributed by atoms with E-state index in [9.17, 15) is 0 Å². The molecule has 0 bridgehead atoms. The molecule has 2 rings (SSSR count). The van der Waals surface area contributed by atoms with Gasteiger partial charge in [-0.1, -0.05) is 0 Å². The Hall–Kier alpha value is -0.711. The molecule has 1 aromatic rings. The van der Waals surface area contributed by atoms with Gasteiger partial charge in [-0.2, -0.15) is 0 Å². The van der Waals surface area contributed by atoms with Gasteiger partial charge >= 0.3 is 102 Å². The predicted octanol–water partition coefficient (Wildman–Crippen LogP) is 1.28. The topological polar surface area (TPSA) is 68.3 Å². The molecule has 0 amide bonds. The van der Waals surface area contributed by atoms with Crippen molar-refractivity contribution >= 4 is 35.6 Å². The van der Waals surface area contributed by atoms with Gasteiger partial charge in [-0.05, 0) is 0 Å². The van der Waals surface area contributed by atoms with Gasteiger partial charge in [0.05, 0.1) is 0 Å². The molecule has 0 unspecified atom stereocenters. The summed E-state index contributed by atoms with van der Waals surface area (Å²) in [4.78, 5) is 0. The molecule has 0 saturated carbocycles. The molecule has 0 atom stereocenters. The van der Waals surface area contributed by atoms with Crippen molar-refractivity contribution in [2.75, 3.05) is 6.79 Å². The van der Waals surface area contributed by atoms with Crippen molar-refractivity contribution in [2.24, 2.45) is 5.73 Å². The molecule has 1 aliphatic rings. The number of halogens is 1. The Kier molecular flexibility index (Phi) is 3.19. The van der Waals surface area contributed by atoms with Crippen molar-refractivity contribution in [3.05, 3.63) is 22.2 Å². The zero-order valence-electron chi connectivity index (χ0n) is 7.75. The zero-order valence-corrected chi connectivity index (χ0v) is 11.0. The van der Waals surface area contributed by atoms with E-state index < -0.39 is 0 Å². The first-order valence-electron chi connectivity index (χ1n) is 4.21. The molecule has 0 radical (unpaired) electrons. The van der Waals surface area contributed by atoms with Crippen molar-refractivity contribution in [1.82, 2.24) is 0 Å². The van der Waals surface area contributed by atoms with Gasteiger partial charge in [0.15, 0.2) is 0 Å². The van der Waals surface area contributed by atoms with E-state index in [1.165, 1.54) is 0 Å². The van der Waals surface area contributed by atoms with Crippen LogP contribution in [0.4, 0.5) is 0 Å². The molecule has 1 heterocycles. The van der Waals surface area contributed by atoms with Crippen molar-refractivity contribution in [1.29, 1.82) is 5.41 Å².